The van der Waals surface area contributed by atoms with Crippen LogP contribution < -0.4 is 0 Å². The quantitative estimate of drug-likeness (QED) is 0.534. The molecule has 1 heterocycles. The fourth-order valence-corrected chi connectivity index (χ4v) is 3.72. The molecule has 0 radical (unpaired) electrons. The highest BCUT2D eigenvalue weighted by Gasteiger charge is 2.38. The summed E-state index contributed by atoms with van der Waals surface area (Å²) in [5, 5.41) is -0.123. The molecule has 3 unspecified atom stereocenters. The lowest BCUT2D eigenvalue weighted by molar-refractivity contribution is 0.447. The minimum Gasteiger partial charge on any atom is -0.229 e. The van der Waals surface area contributed by atoms with E-state index in [4.69, 9.17) is 0 Å². The molecule has 0 bridgehead atoms. The van der Waals surface area contributed by atoms with Gasteiger partial charge in [-0.25, -0.2) is 8.42 Å². The van der Waals surface area contributed by atoms with Gasteiger partial charge in [0.05, 0.1) is 11.0 Å². The highest BCUT2D eigenvalue weighted by Crippen LogP contribution is 2.30. The molecule has 0 aromatic heterocycles. The maximum absolute atomic E-state index is 11.2. The van der Waals surface area contributed by atoms with Crippen molar-refractivity contribution in [1.29, 1.82) is 0 Å². The van der Waals surface area contributed by atoms with Crippen molar-refractivity contribution in [3.05, 3.63) is 0 Å². The molecule has 1 fully saturated rings. The molecule has 1 aliphatic rings. The summed E-state index contributed by atoms with van der Waals surface area (Å²) >= 11 is 0. The van der Waals surface area contributed by atoms with Crippen LogP contribution in [0, 0.1) is 11.8 Å². The van der Waals surface area contributed by atoms with Crippen LogP contribution in [0.25, 0.3) is 0 Å². The van der Waals surface area contributed by atoms with Gasteiger partial charge in [0.1, 0.15) is 0 Å². The zero-order chi connectivity index (χ0) is 7.94. The van der Waals surface area contributed by atoms with Gasteiger partial charge in [0.25, 0.3) is 0 Å². The second-order valence-electron chi connectivity index (χ2n) is 3.37. The highest BCUT2D eigenvalue weighted by atomic mass is 32.2. The van der Waals surface area contributed by atoms with E-state index < -0.39 is 9.84 Å². The van der Waals surface area contributed by atoms with E-state index in [1.807, 2.05) is 20.8 Å². The summed E-state index contributed by atoms with van der Waals surface area (Å²) in [7, 11) is -2.72. The molecule has 0 aromatic carbocycles. The molecule has 2 nitrogen and oxygen atoms in total. The molecule has 1 saturated heterocycles. The van der Waals surface area contributed by atoms with E-state index in [2.05, 4.69) is 0 Å². The van der Waals surface area contributed by atoms with Crippen LogP contribution in [0.5, 0.6) is 0 Å². The van der Waals surface area contributed by atoms with E-state index in [9.17, 15) is 8.42 Å². The average molecular weight is 162 g/mol. The van der Waals surface area contributed by atoms with Gasteiger partial charge in [-0.05, 0) is 18.8 Å². The van der Waals surface area contributed by atoms with E-state index in [-0.39, 0.29) is 5.25 Å². The Hall–Kier alpha value is -0.0500. The molecular weight excluding hydrogens is 148 g/mol. The first-order chi connectivity index (χ1) is 4.45. The minimum absolute atomic E-state index is 0.123. The van der Waals surface area contributed by atoms with Crippen LogP contribution >= 0.6 is 0 Å². The van der Waals surface area contributed by atoms with Gasteiger partial charge in [-0.2, -0.15) is 0 Å². The Bertz CT molecular complexity index is 218. The van der Waals surface area contributed by atoms with Crippen LogP contribution in [0.15, 0.2) is 0 Å². The van der Waals surface area contributed by atoms with Gasteiger partial charge in [-0.15, -0.1) is 0 Å². The lowest BCUT2D eigenvalue weighted by Crippen LogP contribution is -2.16. The lowest BCUT2D eigenvalue weighted by atomic mass is 9.96. The Morgan fingerprint density at radius 1 is 1.20 bits per heavy atom. The fraction of sp³-hybridized carbons (Fsp3) is 1.00. The molecule has 10 heavy (non-hydrogen) atoms. The molecular formula is C7H14O2S. The Kier molecular flexibility index (Phi) is 1.79. The number of hydrogen-bond donors (Lipinski definition) is 0. The van der Waals surface area contributed by atoms with Crippen molar-refractivity contribution >= 4 is 9.84 Å². The zero-order valence-electron chi connectivity index (χ0n) is 6.66. The largest absolute Gasteiger partial charge is 0.229 e. The molecule has 3 heteroatoms. The summed E-state index contributed by atoms with van der Waals surface area (Å²) in [5.41, 5.74) is 0. The second kappa shape index (κ2) is 2.22. The molecule has 1 aliphatic heterocycles. The summed E-state index contributed by atoms with van der Waals surface area (Å²) in [6, 6.07) is 0. The third-order valence-electron chi connectivity index (χ3n) is 2.70. The molecule has 0 saturated carbocycles. The topological polar surface area (TPSA) is 34.1 Å². The molecule has 3 atom stereocenters. The Balaban J connectivity index is 2.93. The summed E-state index contributed by atoms with van der Waals surface area (Å²) in [6.07, 6.45) is 0. The number of hydrogen-bond acceptors (Lipinski definition) is 2. The van der Waals surface area contributed by atoms with Crippen LogP contribution in [-0.2, 0) is 9.84 Å². The van der Waals surface area contributed by atoms with Crippen LogP contribution in [0.2, 0.25) is 0 Å². The van der Waals surface area contributed by atoms with Gasteiger partial charge in [-0.1, -0.05) is 13.8 Å². The Morgan fingerprint density at radius 3 is 1.80 bits per heavy atom. The summed E-state index contributed by atoms with van der Waals surface area (Å²) in [5.74, 6) is 1.07. The van der Waals surface area contributed by atoms with Gasteiger partial charge in [0.2, 0.25) is 0 Å². The van der Waals surface area contributed by atoms with Crippen LogP contribution in [0.3, 0.4) is 0 Å². The molecule has 0 N–H and O–H groups in total. The maximum atomic E-state index is 11.2. The first kappa shape index (κ1) is 8.05. The molecule has 0 aliphatic carbocycles. The predicted octanol–water partition coefficient (Wildman–Crippen LogP) is 1.08. The Morgan fingerprint density at radius 2 is 1.70 bits per heavy atom. The smallest absolute Gasteiger partial charge is 0.153 e. The van der Waals surface area contributed by atoms with E-state index >= 15 is 0 Å². The molecule has 1 rings (SSSR count). The van der Waals surface area contributed by atoms with Crippen molar-refractivity contribution in [3.63, 3.8) is 0 Å². The van der Waals surface area contributed by atoms with Gasteiger partial charge >= 0.3 is 0 Å². The van der Waals surface area contributed by atoms with E-state index in [0.717, 1.165) is 0 Å². The lowest BCUT2D eigenvalue weighted by Gasteiger charge is -2.09. The third-order valence-corrected chi connectivity index (χ3v) is 5.25. The van der Waals surface area contributed by atoms with Crippen molar-refractivity contribution in [3.8, 4) is 0 Å². The van der Waals surface area contributed by atoms with Crippen molar-refractivity contribution < 1.29 is 8.42 Å². The number of rotatable bonds is 0. The van der Waals surface area contributed by atoms with Crippen molar-refractivity contribution in [2.75, 3.05) is 5.75 Å². The molecule has 60 valence electrons. The molecule has 0 amide bonds. The Labute approximate surface area is 62.5 Å². The van der Waals surface area contributed by atoms with Gasteiger partial charge in [0.15, 0.2) is 9.84 Å². The molecule has 0 spiro atoms. The second-order valence-corrected chi connectivity index (χ2v) is 5.77. The third kappa shape index (κ3) is 1.07. The molecule has 0 aromatic rings. The minimum atomic E-state index is -2.72. The highest BCUT2D eigenvalue weighted by molar-refractivity contribution is 7.92. The van der Waals surface area contributed by atoms with E-state index in [1.54, 1.807) is 0 Å². The van der Waals surface area contributed by atoms with Crippen LogP contribution in [0.1, 0.15) is 20.8 Å². The average Bonchev–Trinajstić information content (AvgIpc) is 1.95. The maximum Gasteiger partial charge on any atom is 0.153 e. The van der Waals surface area contributed by atoms with Gasteiger partial charge < -0.3 is 0 Å². The first-order valence-corrected chi connectivity index (χ1v) is 5.38. The summed E-state index contributed by atoms with van der Waals surface area (Å²) in [6.45, 7) is 5.83. The van der Waals surface area contributed by atoms with E-state index in [1.165, 1.54) is 0 Å². The standard InChI is InChI=1S/C7H14O2S/c1-5-4-10(8,9)7(3)6(5)2/h5-7H,4H2,1-3H3. The van der Waals surface area contributed by atoms with Crippen LogP contribution in [-0.4, -0.2) is 19.4 Å². The normalized spacial score (nSPS) is 45.7. The SMILES string of the molecule is CC1CS(=O)(=O)C(C)C1C. The first-order valence-electron chi connectivity index (χ1n) is 3.66. The summed E-state index contributed by atoms with van der Waals surface area (Å²) < 4.78 is 22.4. The summed E-state index contributed by atoms with van der Waals surface area (Å²) in [4.78, 5) is 0. The fourth-order valence-electron chi connectivity index (χ4n) is 1.46. The zero-order valence-corrected chi connectivity index (χ0v) is 7.48. The van der Waals surface area contributed by atoms with Crippen molar-refractivity contribution in [2.24, 2.45) is 11.8 Å². The van der Waals surface area contributed by atoms with Gasteiger partial charge in [-0.3, -0.25) is 0 Å². The van der Waals surface area contributed by atoms with E-state index in [0.29, 0.717) is 17.6 Å². The monoisotopic (exact) mass is 162 g/mol. The van der Waals surface area contributed by atoms with Crippen molar-refractivity contribution in [1.82, 2.24) is 0 Å². The predicted molar refractivity (Wildman–Crippen MR) is 41.6 cm³/mol. The number of sulfone groups is 1. The van der Waals surface area contributed by atoms with Crippen LogP contribution in [0.4, 0.5) is 0 Å². The van der Waals surface area contributed by atoms with Gasteiger partial charge in [0, 0.05) is 0 Å². The van der Waals surface area contributed by atoms with Crippen molar-refractivity contribution in [2.45, 2.75) is 26.0 Å².